The molecule has 1 saturated heterocycles. The molecule has 2 aromatic carbocycles. The minimum Gasteiger partial charge on any atom is -0.489 e. The molecule has 46 heavy (non-hydrogen) atoms. The molecule has 1 amide bonds. The van der Waals surface area contributed by atoms with Crippen LogP contribution < -0.4 is 15.0 Å². The van der Waals surface area contributed by atoms with Crippen molar-refractivity contribution < 1.29 is 28.7 Å². The summed E-state index contributed by atoms with van der Waals surface area (Å²) in [6, 6.07) is 14.2. The van der Waals surface area contributed by atoms with Crippen molar-refractivity contribution in [3.63, 3.8) is 0 Å². The average molecular weight is 666 g/mol. The first-order valence-electron chi connectivity index (χ1n) is 15.2. The van der Waals surface area contributed by atoms with E-state index in [9.17, 15) is 14.7 Å². The molecule has 2 aliphatic rings. The van der Waals surface area contributed by atoms with E-state index in [1.165, 1.54) is 6.20 Å². The number of nitrogens with zero attached hydrogens (tertiary/aromatic N) is 3. The summed E-state index contributed by atoms with van der Waals surface area (Å²) in [6.07, 6.45) is 4.01. The molecule has 1 aliphatic carbocycles. The van der Waals surface area contributed by atoms with Crippen LogP contribution in [-0.2, 0) is 21.7 Å². The molecule has 10 nitrogen and oxygen atoms in total. The number of ether oxygens (including phenoxy) is 2. The third-order valence-electron chi connectivity index (χ3n) is 8.33. The predicted octanol–water partition coefficient (Wildman–Crippen LogP) is 6.20. The molecule has 0 spiro atoms. The van der Waals surface area contributed by atoms with Crippen molar-refractivity contribution in [2.75, 3.05) is 31.1 Å². The number of aliphatic hydroxyl groups is 1. The van der Waals surface area contributed by atoms with Gasteiger partial charge in [-0.25, -0.2) is 4.98 Å². The summed E-state index contributed by atoms with van der Waals surface area (Å²) in [4.78, 5) is 30.5. The molecule has 0 radical (unpaired) electrons. The zero-order valence-electron chi connectivity index (χ0n) is 25.5. The van der Waals surface area contributed by atoms with Crippen LogP contribution in [0.25, 0.3) is 11.3 Å². The van der Waals surface area contributed by atoms with Crippen molar-refractivity contribution in [3.8, 4) is 17.0 Å². The van der Waals surface area contributed by atoms with Gasteiger partial charge >= 0.3 is 5.97 Å². The van der Waals surface area contributed by atoms with Crippen molar-refractivity contribution in [2.24, 2.45) is 0 Å². The van der Waals surface area contributed by atoms with Crippen LogP contribution in [0.1, 0.15) is 64.9 Å². The number of amides is 1. The van der Waals surface area contributed by atoms with Crippen molar-refractivity contribution in [2.45, 2.75) is 51.2 Å². The molecule has 12 heteroatoms. The maximum atomic E-state index is 12.6. The molecule has 4 aromatic rings. The quantitative estimate of drug-likeness (QED) is 0.180. The third-order valence-corrected chi connectivity index (χ3v) is 8.96. The second-order valence-electron chi connectivity index (χ2n) is 11.6. The first-order valence-corrected chi connectivity index (χ1v) is 16.0. The highest BCUT2D eigenvalue weighted by Crippen LogP contribution is 2.46. The Kier molecular flexibility index (Phi) is 9.22. The molecular weight excluding hydrogens is 631 g/mol. The van der Waals surface area contributed by atoms with Gasteiger partial charge in [-0.2, -0.15) is 0 Å². The van der Waals surface area contributed by atoms with Gasteiger partial charge in [0.15, 0.2) is 0 Å². The second kappa shape index (κ2) is 13.3. The van der Waals surface area contributed by atoms with Crippen LogP contribution in [0.4, 0.5) is 5.82 Å². The van der Waals surface area contributed by atoms with Crippen LogP contribution in [-0.4, -0.2) is 53.4 Å². The van der Waals surface area contributed by atoms with Gasteiger partial charge in [0.05, 0.1) is 28.8 Å². The highest BCUT2D eigenvalue weighted by atomic mass is 35.5. The summed E-state index contributed by atoms with van der Waals surface area (Å²) >= 11 is 13.3. The highest BCUT2D eigenvalue weighted by Gasteiger charge is 2.40. The van der Waals surface area contributed by atoms with Crippen LogP contribution in [0.5, 0.6) is 5.75 Å². The fraction of sp³-hybridized carbons (Fsp3) is 0.353. The van der Waals surface area contributed by atoms with Gasteiger partial charge in [0.1, 0.15) is 41.8 Å². The van der Waals surface area contributed by atoms with Gasteiger partial charge in [-0.1, -0.05) is 46.6 Å². The zero-order valence-corrected chi connectivity index (χ0v) is 27.0. The fourth-order valence-corrected chi connectivity index (χ4v) is 6.44. The van der Waals surface area contributed by atoms with E-state index in [2.05, 4.69) is 15.5 Å². The van der Waals surface area contributed by atoms with Crippen molar-refractivity contribution in [1.82, 2.24) is 15.5 Å². The van der Waals surface area contributed by atoms with Crippen LogP contribution >= 0.6 is 23.2 Å². The Balaban J connectivity index is 1.14. The van der Waals surface area contributed by atoms with Crippen molar-refractivity contribution in [3.05, 3.63) is 92.8 Å². The van der Waals surface area contributed by atoms with Crippen LogP contribution in [0, 0.1) is 6.92 Å². The number of aryl methyl sites for hydroxylation is 1. The fourth-order valence-electron chi connectivity index (χ4n) is 5.78. The highest BCUT2D eigenvalue weighted by molar-refractivity contribution is 6.33. The molecule has 1 atom stereocenters. The van der Waals surface area contributed by atoms with Gasteiger partial charge in [0.25, 0.3) is 5.91 Å². The number of nitrogens with one attached hydrogen (secondary N) is 1. The maximum absolute atomic E-state index is 12.6. The number of rotatable bonds is 11. The van der Waals surface area contributed by atoms with Gasteiger partial charge in [-0.15, -0.1) is 0 Å². The molecular formula is C34H34Cl2N4O6. The lowest BCUT2D eigenvalue weighted by Crippen LogP contribution is -2.32. The van der Waals surface area contributed by atoms with Crippen LogP contribution in [0.2, 0.25) is 10.0 Å². The lowest BCUT2D eigenvalue weighted by atomic mass is 9.93. The molecule has 2 N–H and O–H groups in total. The summed E-state index contributed by atoms with van der Waals surface area (Å²) in [5.41, 5.74) is 3.04. The number of β-amino-alcohol motifs (C(OH)–C–C–N with tert-alkyl or cyclic N) is 1. The number of hydrogen-bond donors (Lipinski definition) is 2. The summed E-state index contributed by atoms with van der Waals surface area (Å²) in [5, 5.41) is 19.6. The molecule has 3 heterocycles. The number of carbonyl (C=O) groups is 2. The van der Waals surface area contributed by atoms with E-state index < -0.39 is 17.5 Å². The molecule has 2 fully saturated rings. The number of anilines is 1. The Labute approximate surface area is 276 Å². The Hall–Kier alpha value is -4.12. The van der Waals surface area contributed by atoms with Gasteiger partial charge in [0.2, 0.25) is 0 Å². The maximum Gasteiger partial charge on any atom is 0.325 e. The van der Waals surface area contributed by atoms with Gasteiger partial charge in [0, 0.05) is 35.3 Å². The van der Waals surface area contributed by atoms with Crippen LogP contribution in [0.15, 0.2) is 59.3 Å². The molecule has 2 aromatic heterocycles. The normalized spacial score (nSPS) is 17.6. The van der Waals surface area contributed by atoms with E-state index in [4.69, 9.17) is 37.2 Å². The standard InChI is InChI=1S/C34H34Cl2N4O6/c1-3-44-29(41)17-38-33(42)22-11-13-37-28(15-22)40-14-12-34(43,19-40)25-10-9-23(16-27(25)36)45-18-24-31(39-46-32(24)21-7-8-21)30-20(2)5-4-6-26(30)35/h4-6,9-11,13,15-16,21,43H,3,7-8,12,14,17-19H2,1-2H3,(H,38,42). The summed E-state index contributed by atoms with van der Waals surface area (Å²) < 4.78 is 16.9. The lowest BCUT2D eigenvalue weighted by Gasteiger charge is -2.26. The predicted molar refractivity (Wildman–Crippen MR) is 173 cm³/mol. The molecule has 6 rings (SSSR count). The summed E-state index contributed by atoms with van der Waals surface area (Å²) in [5.74, 6) is 1.28. The average Bonchev–Trinajstić information content (AvgIpc) is 3.68. The molecule has 240 valence electrons. The Bertz CT molecular complexity index is 1750. The van der Waals surface area contributed by atoms with E-state index in [-0.39, 0.29) is 26.3 Å². The third kappa shape index (κ3) is 6.70. The summed E-state index contributed by atoms with van der Waals surface area (Å²) in [7, 11) is 0. The number of hydrogen-bond acceptors (Lipinski definition) is 9. The number of pyridine rings is 1. The molecule has 1 aliphatic heterocycles. The van der Waals surface area contributed by atoms with E-state index in [1.54, 1.807) is 37.3 Å². The molecule has 1 saturated carbocycles. The lowest BCUT2D eigenvalue weighted by molar-refractivity contribution is -0.141. The largest absolute Gasteiger partial charge is 0.489 e. The van der Waals surface area contributed by atoms with Gasteiger partial charge in [-0.3, -0.25) is 9.59 Å². The minimum absolute atomic E-state index is 0.221. The number of aromatic nitrogens is 2. The second-order valence-corrected chi connectivity index (χ2v) is 12.4. The van der Waals surface area contributed by atoms with Crippen LogP contribution in [0.3, 0.4) is 0 Å². The van der Waals surface area contributed by atoms with E-state index in [0.29, 0.717) is 57.3 Å². The Morgan fingerprint density at radius 3 is 2.72 bits per heavy atom. The SMILES string of the molecule is CCOC(=O)CNC(=O)c1ccnc(N2CCC(O)(c3ccc(OCc4c(-c5c(C)cccc5Cl)noc4C4CC4)cc3Cl)C2)c1. The number of carbonyl (C=O) groups excluding carboxylic acids is 2. The topological polar surface area (TPSA) is 127 Å². The minimum atomic E-state index is -1.25. The monoisotopic (exact) mass is 664 g/mol. The van der Waals surface area contributed by atoms with E-state index >= 15 is 0 Å². The Morgan fingerprint density at radius 1 is 1.15 bits per heavy atom. The zero-order chi connectivity index (χ0) is 32.4. The first-order chi connectivity index (χ1) is 22.2. The molecule has 0 bridgehead atoms. The number of benzene rings is 2. The van der Waals surface area contributed by atoms with Crippen molar-refractivity contribution in [1.29, 1.82) is 0 Å². The van der Waals surface area contributed by atoms with Gasteiger partial charge < -0.3 is 29.3 Å². The van der Waals surface area contributed by atoms with Gasteiger partial charge in [-0.05, 0) is 69.0 Å². The number of halogens is 2. The first kappa shape index (κ1) is 31.8. The molecule has 1 unspecified atom stereocenters. The van der Waals surface area contributed by atoms with E-state index in [0.717, 1.165) is 35.3 Å². The smallest absolute Gasteiger partial charge is 0.325 e. The Morgan fingerprint density at radius 2 is 1.98 bits per heavy atom. The van der Waals surface area contributed by atoms with Crippen molar-refractivity contribution >= 4 is 40.9 Å². The summed E-state index contributed by atoms with van der Waals surface area (Å²) in [6.45, 7) is 4.63. The van der Waals surface area contributed by atoms with E-state index in [1.807, 2.05) is 30.0 Å². The number of esters is 1.